The minimum Gasteiger partial charge on any atom is -0.497 e. The van der Waals surface area contributed by atoms with E-state index in [9.17, 15) is 14.3 Å². The number of benzene rings is 1. The number of nitrogens with zero attached hydrogens (tertiary/aromatic N) is 1. The van der Waals surface area contributed by atoms with Gasteiger partial charge in [0, 0.05) is 16.9 Å². The Kier molecular flexibility index (Phi) is 5.24. The molecule has 5 nitrogen and oxygen atoms in total. The molecule has 1 aromatic heterocycles. The first-order valence-electron chi connectivity index (χ1n) is 5.99. The Morgan fingerprint density at radius 3 is 2.67 bits per heavy atom. The molecular weight excluding hydrogens is 310 g/mol. The minimum atomic E-state index is -1.17. The van der Waals surface area contributed by atoms with E-state index in [2.05, 4.69) is 0 Å². The fourth-order valence-electron chi connectivity index (χ4n) is 1.61. The summed E-state index contributed by atoms with van der Waals surface area (Å²) >= 11 is 1.05. The highest BCUT2D eigenvalue weighted by atomic mass is 32.2. The van der Waals surface area contributed by atoms with Crippen LogP contribution in [0.5, 0.6) is 5.75 Å². The zero-order chi connectivity index (χ0) is 15.2. The van der Waals surface area contributed by atoms with Crippen LogP contribution in [0.1, 0.15) is 11.1 Å². The van der Waals surface area contributed by atoms with Gasteiger partial charge >= 0.3 is 5.00 Å². The van der Waals surface area contributed by atoms with Gasteiger partial charge in [0.05, 0.1) is 28.6 Å². The summed E-state index contributed by atoms with van der Waals surface area (Å²) in [5, 5.41) is 13.9. The Hall–Kier alpha value is -1.99. The van der Waals surface area contributed by atoms with Crippen molar-refractivity contribution in [2.24, 2.45) is 0 Å². The molecule has 2 rings (SSSR count). The highest BCUT2D eigenvalue weighted by molar-refractivity contribution is 7.87. The number of ether oxygens (including phenoxy) is 1. The average Bonchev–Trinajstić information content (AvgIpc) is 2.95. The molecule has 110 valence electrons. The van der Waals surface area contributed by atoms with Crippen LogP contribution in [0, 0.1) is 10.1 Å². The number of thiophene rings is 1. The van der Waals surface area contributed by atoms with Gasteiger partial charge in [-0.05, 0) is 29.3 Å². The molecule has 1 aromatic carbocycles. The van der Waals surface area contributed by atoms with Gasteiger partial charge in [-0.2, -0.15) is 0 Å². The number of nitro groups is 1. The van der Waals surface area contributed by atoms with Crippen LogP contribution in [0.3, 0.4) is 0 Å². The lowest BCUT2D eigenvalue weighted by Gasteiger charge is -2.01. The summed E-state index contributed by atoms with van der Waals surface area (Å²) in [4.78, 5) is 10.1. The Bertz CT molecular complexity index is 677. The molecule has 7 heteroatoms. The monoisotopic (exact) mass is 323 g/mol. The maximum Gasteiger partial charge on any atom is 0.324 e. The number of hydrogen-bond donors (Lipinski definition) is 0. The van der Waals surface area contributed by atoms with Gasteiger partial charge in [-0.1, -0.05) is 23.5 Å². The molecule has 0 saturated carbocycles. The van der Waals surface area contributed by atoms with Crippen molar-refractivity contribution in [2.75, 3.05) is 7.11 Å². The van der Waals surface area contributed by atoms with Crippen LogP contribution in [-0.2, 0) is 16.6 Å². The smallest absolute Gasteiger partial charge is 0.324 e. The van der Waals surface area contributed by atoms with Crippen LogP contribution in [0.2, 0.25) is 0 Å². The molecule has 0 aliphatic carbocycles. The van der Waals surface area contributed by atoms with Crippen molar-refractivity contribution >= 4 is 33.2 Å². The normalized spacial score (nSPS) is 12.4. The second-order valence-electron chi connectivity index (χ2n) is 4.15. The van der Waals surface area contributed by atoms with E-state index in [1.165, 1.54) is 6.07 Å². The Morgan fingerprint density at radius 2 is 2.10 bits per heavy atom. The third-order valence-electron chi connectivity index (χ3n) is 2.67. The van der Waals surface area contributed by atoms with E-state index >= 15 is 0 Å². The Morgan fingerprint density at radius 1 is 1.38 bits per heavy atom. The third kappa shape index (κ3) is 4.51. The first-order chi connectivity index (χ1) is 10.1. The maximum atomic E-state index is 11.9. The van der Waals surface area contributed by atoms with E-state index in [4.69, 9.17) is 4.74 Å². The lowest BCUT2D eigenvalue weighted by Crippen LogP contribution is -1.91. The molecule has 0 fully saturated rings. The Balaban J connectivity index is 1.96. The predicted octanol–water partition coefficient (Wildman–Crippen LogP) is 3.58. The summed E-state index contributed by atoms with van der Waals surface area (Å²) in [6, 6.07) is 8.82. The summed E-state index contributed by atoms with van der Waals surface area (Å²) in [5.41, 5.74) is 1.63. The standard InChI is InChI=1S/C14H13NO4S2/c1-19-13-4-2-11(3-5-13)10-21(18)7-6-12-8-14(15(16)17)20-9-12/h2-9H,10H2,1H3. The molecule has 0 aliphatic heterocycles. The van der Waals surface area contributed by atoms with Crippen LogP contribution in [-0.4, -0.2) is 16.2 Å². The molecule has 1 heterocycles. The molecule has 1 unspecified atom stereocenters. The topological polar surface area (TPSA) is 69.4 Å². The van der Waals surface area contributed by atoms with E-state index in [0.29, 0.717) is 11.3 Å². The van der Waals surface area contributed by atoms with Crippen molar-refractivity contribution in [1.29, 1.82) is 0 Å². The summed E-state index contributed by atoms with van der Waals surface area (Å²) in [6.45, 7) is 0. The van der Waals surface area contributed by atoms with Gasteiger partial charge in [0.1, 0.15) is 5.75 Å². The van der Waals surface area contributed by atoms with Gasteiger partial charge in [0.15, 0.2) is 0 Å². The first kappa shape index (κ1) is 15.4. The number of rotatable bonds is 6. The first-order valence-corrected chi connectivity index (χ1v) is 8.26. The van der Waals surface area contributed by atoms with Crippen LogP contribution in [0.25, 0.3) is 6.08 Å². The van der Waals surface area contributed by atoms with Crippen molar-refractivity contribution in [3.05, 3.63) is 62.4 Å². The third-order valence-corrected chi connectivity index (χ3v) is 4.62. The highest BCUT2D eigenvalue weighted by Gasteiger charge is 2.07. The fourth-order valence-corrected chi connectivity index (χ4v) is 3.23. The summed E-state index contributed by atoms with van der Waals surface area (Å²) in [5.74, 6) is 1.15. The molecule has 0 radical (unpaired) electrons. The van der Waals surface area contributed by atoms with Crippen molar-refractivity contribution < 1.29 is 13.9 Å². The molecule has 0 saturated heterocycles. The average molecular weight is 323 g/mol. The van der Waals surface area contributed by atoms with Crippen LogP contribution in [0.4, 0.5) is 5.00 Å². The fraction of sp³-hybridized carbons (Fsp3) is 0.143. The molecule has 21 heavy (non-hydrogen) atoms. The van der Waals surface area contributed by atoms with Crippen LogP contribution >= 0.6 is 11.3 Å². The van der Waals surface area contributed by atoms with Gasteiger partial charge in [0.25, 0.3) is 0 Å². The molecule has 0 bridgehead atoms. The van der Waals surface area contributed by atoms with E-state index in [1.807, 2.05) is 24.3 Å². The lowest BCUT2D eigenvalue weighted by atomic mass is 10.2. The van der Waals surface area contributed by atoms with Crippen molar-refractivity contribution in [3.63, 3.8) is 0 Å². The van der Waals surface area contributed by atoms with Gasteiger partial charge in [0.2, 0.25) is 0 Å². The van der Waals surface area contributed by atoms with Crippen LogP contribution < -0.4 is 4.74 Å². The zero-order valence-corrected chi connectivity index (χ0v) is 12.9. The van der Waals surface area contributed by atoms with E-state index in [-0.39, 0.29) is 5.00 Å². The zero-order valence-electron chi connectivity index (χ0n) is 11.2. The molecule has 0 aliphatic rings. The predicted molar refractivity (Wildman–Crippen MR) is 84.8 cm³/mol. The van der Waals surface area contributed by atoms with E-state index < -0.39 is 15.7 Å². The van der Waals surface area contributed by atoms with Gasteiger partial charge in [-0.25, -0.2) is 0 Å². The Labute approximate surface area is 128 Å². The summed E-state index contributed by atoms with van der Waals surface area (Å²) < 4.78 is 17.0. The minimum absolute atomic E-state index is 0.0792. The summed E-state index contributed by atoms with van der Waals surface area (Å²) in [6.07, 6.45) is 1.64. The molecule has 2 aromatic rings. The molecule has 0 spiro atoms. The number of hydrogen-bond acceptors (Lipinski definition) is 5. The summed E-state index contributed by atoms with van der Waals surface area (Å²) in [7, 11) is 0.425. The quantitative estimate of drug-likeness (QED) is 0.602. The van der Waals surface area contributed by atoms with Crippen LogP contribution in [0.15, 0.2) is 41.1 Å². The highest BCUT2D eigenvalue weighted by Crippen LogP contribution is 2.23. The van der Waals surface area contributed by atoms with Crippen molar-refractivity contribution in [1.82, 2.24) is 0 Å². The second kappa shape index (κ2) is 7.14. The van der Waals surface area contributed by atoms with Crippen molar-refractivity contribution in [3.8, 4) is 5.75 Å². The maximum absolute atomic E-state index is 11.9. The largest absolute Gasteiger partial charge is 0.497 e. The number of methoxy groups -OCH3 is 1. The lowest BCUT2D eigenvalue weighted by molar-refractivity contribution is -0.380. The van der Waals surface area contributed by atoms with E-state index in [1.54, 1.807) is 24.0 Å². The van der Waals surface area contributed by atoms with E-state index in [0.717, 1.165) is 22.6 Å². The van der Waals surface area contributed by atoms with Crippen molar-refractivity contribution in [2.45, 2.75) is 5.75 Å². The molecule has 1 atom stereocenters. The van der Waals surface area contributed by atoms with Gasteiger partial charge in [-0.15, -0.1) is 0 Å². The van der Waals surface area contributed by atoms with Gasteiger partial charge < -0.3 is 4.74 Å². The molecule has 0 N–H and O–H groups in total. The molecular formula is C14H13NO4S2. The SMILES string of the molecule is COc1ccc(CS(=O)C=Cc2csc([N+](=O)[O-])c2)cc1. The molecule has 0 amide bonds. The second-order valence-corrected chi connectivity index (χ2v) is 6.36. The van der Waals surface area contributed by atoms with Gasteiger partial charge in [-0.3, -0.25) is 14.3 Å².